The van der Waals surface area contributed by atoms with Crippen molar-refractivity contribution in [2.75, 3.05) is 13.2 Å². The lowest BCUT2D eigenvalue weighted by atomic mass is 10.1. The molecule has 0 aliphatic rings. The quantitative estimate of drug-likeness (QED) is 0.786. The third-order valence-electron chi connectivity index (χ3n) is 2.61. The molecule has 0 spiro atoms. The third kappa shape index (κ3) is 4.07. The minimum atomic E-state index is -2.47. The van der Waals surface area contributed by atoms with Crippen molar-refractivity contribution in [2.24, 2.45) is 5.73 Å². The molecule has 5 nitrogen and oxygen atoms in total. The van der Waals surface area contributed by atoms with E-state index in [9.17, 15) is 8.78 Å². The first kappa shape index (κ1) is 14.5. The Morgan fingerprint density at radius 1 is 1.20 bits per heavy atom. The number of nitrogens with zero attached hydrogens (tertiary/aromatic N) is 2. The van der Waals surface area contributed by atoms with Crippen LogP contribution in [0.25, 0.3) is 0 Å². The van der Waals surface area contributed by atoms with Crippen molar-refractivity contribution in [3.05, 3.63) is 47.7 Å². The average Bonchev–Trinajstić information content (AvgIpc) is 2.92. The van der Waals surface area contributed by atoms with Crippen LogP contribution in [0.1, 0.15) is 23.4 Å². The van der Waals surface area contributed by atoms with Crippen molar-refractivity contribution in [3.8, 4) is 0 Å². The highest BCUT2D eigenvalue weighted by molar-refractivity contribution is 5.22. The van der Waals surface area contributed by atoms with Crippen LogP contribution in [0.5, 0.6) is 0 Å². The van der Waals surface area contributed by atoms with Crippen molar-refractivity contribution in [1.82, 2.24) is 10.2 Å². The second-order valence-electron chi connectivity index (χ2n) is 4.14. The maximum atomic E-state index is 11.9. The SMILES string of the molecule is NC(c1ccccc1)c1nnc(CCOCC(F)F)o1. The number of benzene rings is 1. The van der Waals surface area contributed by atoms with Gasteiger partial charge in [0.15, 0.2) is 0 Å². The number of nitrogens with two attached hydrogens (primary N) is 1. The lowest BCUT2D eigenvalue weighted by Crippen LogP contribution is -2.12. The van der Waals surface area contributed by atoms with Crippen molar-refractivity contribution >= 4 is 0 Å². The number of hydrogen-bond donors (Lipinski definition) is 1. The monoisotopic (exact) mass is 283 g/mol. The van der Waals surface area contributed by atoms with Crippen LogP contribution in [0.15, 0.2) is 34.7 Å². The van der Waals surface area contributed by atoms with E-state index >= 15 is 0 Å². The van der Waals surface area contributed by atoms with Gasteiger partial charge in [0.25, 0.3) is 6.43 Å². The third-order valence-corrected chi connectivity index (χ3v) is 2.61. The van der Waals surface area contributed by atoms with Crippen molar-refractivity contribution in [2.45, 2.75) is 18.9 Å². The van der Waals surface area contributed by atoms with E-state index in [0.717, 1.165) is 5.56 Å². The summed E-state index contributed by atoms with van der Waals surface area (Å²) in [5.41, 5.74) is 6.86. The lowest BCUT2D eigenvalue weighted by molar-refractivity contribution is 0.0173. The summed E-state index contributed by atoms with van der Waals surface area (Å²) in [6, 6.07) is 8.84. The molecule has 2 rings (SSSR count). The molecule has 1 aromatic carbocycles. The second-order valence-corrected chi connectivity index (χ2v) is 4.14. The Hall–Kier alpha value is -1.86. The Morgan fingerprint density at radius 3 is 2.65 bits per heavy atom. The molecule has 0 saturated heterocycles. The summed E-state index contributed by atoms with van der Waals surface area (Å²) in [7, 11) is 0. The van der Waals surface area contributed by atoms with Gasteiger partial charge in [-0.1, -0.05) is 30.3 Å². The lowest BCUT2D eigenvalue weighted by Gasteiger charge is -2.06. The van der Waals surface area contributed by atoms with Gasteiger partial charge >= 0.3 is 0 Å². The number of hydrogen-bond acceptors (Lipinski definition) is 5. The molecule has 0 aliphatic heterocycles. The number of ether oxygens (including phenoxy) is 1. The summed E-state index contributed by atoms with van der Waals surface area (Å²) >= 11 is 0. The van der Waals surface area contributed by atoms with E-state index in [2.05, 4.69) is 10.2 Å². The fraction of sp³-hybridized carbons (Fsp3) is 0.385. The van der Waals surface area contributed by atoms with Gasteiger partial charge in [-0.3, -0.25) is 0 Å². The Balaban J connectivity index is 1.89. The van der Waals surface area contributed by atoms with Crippen LogP contribution < -0.4 is 5.73 Å². The first-order valence-corrected chi connectivity index (χ1v) is 6.15. The number of halogens is 2. The molecule has 20 heavy (non-hydrogen) atoms. The zero-order valence-electron chi connectivity index (χ0n) is 10.7. The molecule has 0 aliphatic carbocycles. The van der Waals surface area contributed by atoms with Gasteiger partial charge in [-0.2, -0.15) is 0 Å². The summed E-state index contributed by atoms with van der Waals surface area (Å²) in [6.45, 7) is -0.489. The van der Waals surface area contributed by atoms with Gasteiger partial charge in [0.2, 0.25) is 11.8 Å². The summed E-state index contributed by atoms with van der Waals surface area (Å²) in [5, 5.41) is 7.68. The van der Waals surface area contributed by atoms with E-state index in [0.29, 0.717) is 11.8 Å². The molecular weight excluding hydrogens is 268 g/mol. The summed E-state index contributed by atoms with van der Waals surface area (Å²) in [5.74, 6) is 0.612. The largest absolute Gasteiger partial charge is 0.423 e. The standard InChI is InChI=1S/C13H15F2N3O2/c14-10(15)8-19-7-6-11-17-18-13(20-11)12(16)9-4-2-1-3-5-9/h1-5,10,12H,6-8,16H2. The zero-order valence-corrected chi connectivity index (χ0v) is 10.7. The highest BCUT2D eigenvalue weighted by Crippen LogP contribution is 2.17. The molecule has 108 valence electrons. The molecular formula is C13H15F2N3O2. The average molecular weight is 283 g/mol. The molecule has 2 aromatic rings. The molecule has 0 bridgehead atoms. The van der Waals surface area contributed by atoms with Gasteiger partial charge in [-0.15, -0.1) is 10.2 Å². The van der Waals surface area contributed by atoms with Gasteiger partial charge < -0.3 is 14.9 Å². The smallest absolute Gasteiger partial charge is 0.261 e. The molecule has 0 fully saturated rings. The molecule has 1 atom stereocenters. The van der Waals surface area contributed by atoms with E-state index in [1.165, 1.54) is 0 Å². The van der Waals surface area contributed by atoms with Crippen molar-refractivity contribution < 1.29 is 17.9 Å². The summed E-state index contributed by atoms with van der Waals surface area (Å²) < 4.78 is 33.9. The first-order valence-electron chi connectivity index (χ1n) is 6.15. The molecule has 0 saturated carbocycles. The van der Waals surface area contributed by atoms with Crippen LogP contribution in [0, 0.1) is 0 Å². The summed E-state index contributed by atoms with van der Waals surface area (Å²) in [4.78, 5) is 0. The van der Waals surface area contributed by atoms with Gasteiger partial charge in [0.1, 0.15) is 12.6 Å². The fourth-order valence-electron chi connectivity index (χ4n) is 1.63. The predicted molar refractivity (Wildman–Crippen MR) is 67.3 cm³/mol. The van der Waals surface area contributed by atoms with Gasteiger partial charge in [0, 0.05) is 6.42 Å². The van der Waals surface area contributed by atoms with Gasteiger partial charge in [-0.25, -0.2) is 8.78 Å². The minimum Gasteiger partial charge on any atom is -0.423 e. The maximum Gasteiger partial charge on any atom is 0.261 e. The number of aromatic nitrogens is 2. The van der Waals surface area contributed by atoms with E-state index in [4.69, 9.17) is 14.9 Å². The molecule has 1 unspecified atom stereocenters. The normalized spacial score (nSPS) is 12.8. The van der Waals surface area contributed by atoms with E-state index in [1.54, 1.807) is 0 Å². The van der Waals surface area contributed by atoms with Crippen molar-refractivity contribution in [1.29, 1.82) is 0 Å². The topological polar surface area (TPSA) is 74.2 Å². The van der Waals surface area contributed by atoms with E-state index in [1.807, 2.05) is 30.3 Å². The Labute approximate surface area is 114 Å². The predicted octanol–water partition coefficient (Wildman–Crippen LogP) is 1.94. The van der Waals surface area contributed by atoms with Crippen LogP contribution in [-0.4, -0.2) is 29.8 Å². The van der Waals surface area contributed by atoms with Crippen LogP contribution in [0.3, 0.4) is 0 Å². The van der Waals surface area contributed by atoms with Crippen LogP contribution in [-0.2, 0) is 11.2 Å². The summed E-state index contributed by atoms with van der Waals surface area (Å²) in [6.07, 6.45) is -2.19. The van der Waals surface area contributed by atoms with E-state index in [-0.39, 0.29) is 13.0 Å². The van der Waals surface area contributed by atoms with Crippen LogP contribution in [0.2, 0.25) is 0 Å². The zero-order chi connectivity index (χ0) is 14.4. The molecule has 1 heterocycles. The van der Waals surface area contributed by atoms with Crippen LogP contribution in [0.4, 0.5) is 8.78 Å². The van der Waals surface area contributed by atoms with E-state index < -0.39 is 19.1 Å². The fourth-order valence-corrected chi connectivity index (χ4v) is 1.63. The Bertz CT molecular complexity index is 519. The number of rotatable bonds is 7. The highest BCUT2D eigenvalue weighted by atomic mass is 19.3. The highest BCUT2D eigenvalue weighted by Gasteiger charge is 2.16. The Morgan fingerprint density at radius 2 is 1.95 bits per heavy atom. The minimum absolute atomic E-state index is 0.104. The molecule has 0 radical (unpaired) electrons. The molecule has 2 N–H and O–H groups in total. The first-order chi connectivity index (χ1) is 9.66. The number of alkyl halides is 2. The molecule has 1 aromatic heterocycles. The Kier molecular flexibility index (Phi) is 5.14. The van der Waals surface area contributed by atoms with Gasteiger partial charge in [0.05, 0.1) is 6.61 Å². The second kappa shape index (κ2) is 7.06. The van der Waals surface area contributed by atoms with Crippen LogP contribution >= 0.6 is 0 Å². The molecule has 7 heteroatoms. The maximum absolute atomic E-state index is 11.9. The molecule has 0 amide bonds. The van der Waals surface area contributed by atoms with Gasteiger partial charge in [-0.05, 0) is 5.56 Å². The van der Waals surface area contributed by atoms with Crippen molar-refractivity contribution in [3.63, 3.8) is 0 Å².